The van der Waals surface area contributed by atoms with Gasteiger partial charge in [-0.1, -0.05) is 129 Å². The van der Waals surface area contributed by atoms with Gasteiger partial charge >= 0.3 is 6.85 Å². The first-order chi connectivity index (χ1) is 31.5. The van der Waals surface area contributed by atoms with Gasteiger partial charge in [-0.15, -0.1) is 48.1 Å². The molecule has 0 N–H and O–H groups in total. The Bertz CT molecular complexity index is 3280. The largest absolute Gasteiger partial charge is 0.509 e. The molecule has 3 aliphatic heterocycles. The third-order valence-corrected chi connectivity index (χ3v) is 11.9. The molecule has 0 bridgehead atoms. The average molecular weight is 999 g/mol. The molecular formula is C55H43BN5OPt-3. The van der Waals surface area contributed by atoms with Gasteiger partial charge in [0.1, 0.15) is 5.82 Å². The van der Waals surface area contributed by atoms with Crippen LogP contribution in [0.15, 0.2) is 188 Å². The maximum absolute atomic E-state index is 8.08. The summed E-state index contributed by atoms with van der Waals surface area (Å²) in [7, 11) is 0. The minimum absolute atomic E-state index is 0. The molecule has 0 unspecified atom stereocenters. The SMILES string of the molecule is [2H]C([2H])([2H])c1ccc(C2=C(N3[CH-]N(c4[c-]c(Oc5[c-]c6c(cc5)c5ccccc5n6-c5cc(C(C)(C)C)ccn5)ccc4)c4ccccc43)C(c3ccccc3)=CN3C=CC=CB23)cc1.[Pt]. The van der Waals surface area contributed by atoms with E-state index in [0.717, 1.165) is 72.6 Å². The third kappa shape index (κ3) is 7.21. The molecule has 0 saturated heterocycles. The molecule has 0 aliphatic carbocycles. The number of hydrogen-bond donors (Lipinski definition) is 0. The molecule has 310 valence electrons. The van der Waals surface area contributed by atoms with Gasteiger partial charge in [0.05, 0.1) is 0 Å². The van der Waals surface area contributed by atoms with Gasteiger partial charge in [0.2, 0.25) is 0 Å². The molecule has 0 spiro atoms. The summed E-state index contributed by atoms with van der Waals surface area (Å²) >= 11 is 0. The van der Waals surface area contributed by atoms with Gasteiger partial charge in [0, 0.05) is 77.2 Å². The fourth-order valence-electron chi connectivity index (χ4n) is 8.84. The van der Waals surface area contributed by atoms with Gasteiger partial charge in [-0.3, -0.25) is 0 Å². The Hall–Kier alpha value is -6.82. The van der Waals surface area contributed by atoms with Crippen LogP contribution in [0.3, 0.4) is 0 Å². The number of hydrogen-bond acceptors (Lipinski definition) is 5. The van der Waals surface area contributed by atoms with Crippen molar-refractivity contribution in [3.8, 4) is 17.3 Å². The maximum atomic E-state index is 8.08. The number of para-hydroxylation sites is 3. The Morgan fingerprint density at radius 2 is 1.48 bits per heavy atom. The van der Waals surface area contributed by atoms with Crippen LogP contribution in [0, 0.1) is 25.7 Å². The molecule has 0 saturated carbocycles. The number of nitrogens with zero attached hydrogens (tertiary/aromatic N) is 5. The molecule has 8 heteroatoms. The summed E-state index contributed by atoms with van der Waals surface area (Å²) in [5.74, 6) is 4.13. The second kappa shape index (κ2) is 16.1. The van der Waals surface area contributed by atoms with E-state index in [1.165, 1.54) is 5.56 Å². The molecule has 3 aliphatic rings. The van der Waals surface area contributed by atoms with Gasteiger partial charge < -0.3 is 23.9 Å². The van der Waals surface area contributed by atoms with Gasteiger partial charge in [-0.2, -0.15) is 12.1 Å². The molecule has 11 rings (SSSR count). The number of benzene rings is 6. The molecule has 6 nitrogen and oxygen atoms in total. The Morgan fingerprint density at radius 1 is 0.714 bits per heavy atom. The van der Waals surface area contributed by atoms with Crippen molar-refractivity contribution in [2.45, 2.75) is 33.0 Å². The maximum Gasteiger partial charge on any atom is 0.322 e. The predicted octanol–water partition coefficient (Wildman–Crippen LogP) is 13.2. The van der Waals surface area contributed by atoms with E-state index in [-0.39, 0.29) is 33.3 Å². The summed E-state index contributed by atoms with van der Waals surface area (Å²) in [6, 6.07) is 55.9. The minimum Gasteiger partial charge on any atom is -0.509 e. The number of allylic oxidation sites excluding steroid dienone is 3. The average Bonchev–Trinajstić information content (AvgIpc) is 3.87. The van der Waals surface area contributed by atoms with Gasteiger partial charge in [0.15, 0.2) is 0 Å². The molecule has 0 atom stereocenters. The summed E-state index contributed by atoms with van der Waals surface area (Å²) in [6.07, 6.45) is 10.3. The summed E-state index contributed by atoms with van der Waals surface area (Å²) in [5, 5.41) is 2.18. The molecule has 63 heavy (non-hydrogen) atoms. The van der Waals surface area contributed by atoms with E-state index in [0.29, 0.717) is 17.1 Å². The Kier molecular flexibility index (Phi) is 9.43. The van der Waals surface area contributed by atoms with E-state index < -0.39 is 6.85 Å². The van der Waals surface area contributed by atoms with Crippen molar-refractivity contribution < 1.29 is 29.9 Å². The third-order valence-electron chi connectivity index (χ3n) is 11.9. The summed E-state index contributed by atoms with van der Waals surface area (Å²) in [6.45, 7) is 6.40. The predicted molar refractivity (Wildman–Crippen MR) is 255 cm³/mol. The number of fused-ring (bicyclic) bond motifs is 5. The zero-order chi connectivity index (χ0) is 44.5. The topological polar surface area (TPSA) is 36.8 Å². The van der Waals surface area contributed by atoms with Gasteiger partial charge in [0.25, 0.3) is 0 Å². The zero-order valence-corrected chi connectivity index (χ0v) is 37.2. The van der Waals surface area contributed by atoms with Crippen molar-refractivity contribution in [1.29, 1.82) is 0 Å². The molecule has 5 heterocycles. The quantitative estimate of drug-likeness (QED) is 0.117. The number of anilines is 3. The van der Waals surface area contributed by atoms with E-state index in [1.54, 1.807) is 12.1 Å². The summed E-state index contributed by atoms with van der Waals surface area (Å²) in [4.78, 5) is 11.5. The number of rotatable bonds is 7. The van der Waals surface area contributed by atoms with Gasteiger partial charge in [-0.05, 0) is 82.4 Å². The van der Waals surface area contributed by atoms with Crippen LogP contribution >= 0.6 is 0 Å². The number of aryl methyl sites for hydroxylation is 1. The van der Waals surface area contributed by atoms with Crippen molar-refractivity contribution >= 4 is 56.8 Å². The van der Waals surface area contributed by atoms with E-state index in [9.17, 15) is 0 Å². The fourth-order valence-corrected chi connectivity index (χ4v) is 8.84. The van der Waals surface area contributed by atoms with E-state index in [4.69, 9.17) is 13.8 Å². The minimum atomic E-state index is -2.21. The molecule has 0 fully saturated rings. The Morgan fingerprint density at radius 3 is 2.29 bits per heavy atom. The molecular weight excluding hydrogens is 953 g/mol. The summed E-state index contributed by atoms with van der Waals surface area (Å²) < 4.78 is 33.1. The Balaban J connectivity index is 0.00000511. The van der Waals surface area contributed by atoms with Crippen molar-refractivity contribution in [3.05, 3.63) is 229 Å². The molecule has 8 aromatic rings. The summed E-state index contributed by atoms with van der Waals surface area (Å²) in [5.41, 5.74) is 11.2. The monoisotopic (exact) mass is 998 g/mol. The second-order valence-corrected chi connectivity index (χ2v) is 16.8. The first-order valence-electron chi connectivity index (χ1n) is 22.4. The molecule has 0 amide bonds. The van der Waals surface area contributed by atoms with Crippen molar-refractivity contribution in [2.24, 2.45) is 0 Å². The van der Waals surface area contributed by atoms with E-state index in [1.807, 2.05) is 60.8 Å². The molecule has 0 radical (unpaired) electrons. The molecule has 2 aromatic heterocycles. The fraction of sp³-hybridized carbons (Fsp3) is 0.0909. The van der Waals surface area contributed by atoms with Crippen LogP contribution in [0.2, 0.25) is 0 Å². The first-order valence-corrected chi connectivity index (χ1v) is 20.9. The number of pyridine rings is 1. The van der Waals surface area contributed by atoms with Crippen molar-refractivity contribution in [1.82, 2.24) is 14.4 Å². The van der Waals surface area contributed by atoms with E-state index >= 15 is 0 Å². The Labute approximate surface area is 388 Å². The van der Waals surface area contributed by atoms with Crippen LogP contribution in [0.1, 0.15) is 47.1 Å². The normalized spacial score (nSPS) is 15.5. The smallest absolute Gasteiger partial charge is 0.322 e. The van der Waals surface area contributed by atoms with Gasteiger partial charge in [-0.25, -0.2) is 4.98 Å². The zero-order valence-electron chi connectivity index (χ0n) is 37.9. The van der Waals surface area contributed by atoms with E-state index in [2.05, 4.69) is 168 Å². The van der Waals surface area contributed by atoms with Crippen LogP contribution in [-0.4, -0.2) is 21.2 Å². The number of ether oxygens (including phenoxy) is 1. The van der Waals surface area contributed by atoms with Crippen LogP contribution < -0.4 is 14.5 Å². The van der Waals surface area contributed by atoms with Crippen LogP contribution in [0.25, 0.3) is 38.7 Å². The standard InChI is InChI=1S/C55H43BN5O.Pt/c1-38-23-25-40(26-24-38)53-54(47(39-15-6-5-7-16-39)36-58-32-13-12-30-56(53)58)60-37-59(49-21-10-11-22-50(49)60)42-17-14-18-43(34-42)62-44-27-28-46-45-19-8-9-20-48(45)61(51(46)35-44)52-33-41(29-31-57-52)55(2,3)4;/h5-33,36-37H,1-4H3;/q-3;/i1D3;. The number of aromatic nitrogens is 2. The van der Waals surface area contributed by atoms with Crippen molar-refractivity contribution in [2.75, 3.05) is 9.80 Å². The van der Waals surface area contributed by atoms with Crippen LogP contribution in [0.4, 0.5) is 17.1 Å². The van der Waals surface area contributed by atoms with Crippen molar-refractivity contribution in [3.63, 3.8) is 0 Å². The van der Waals surface area contributed by atoms with Crippen LogP contribution in [0.5, 0.6) is 11.5 Å². The first kappa shape index (κ1) is 36.8. The second-order valence-electron chi connectivity index (χ2n) is 16.8. The van der Waals surface area contributed by atoms with Crippen LogP contribution in [-0.2, 0) is 26.5 Å². The molecule has 6 aromatic carbocycles.